The van der Waals surface area contributed by atoms with Gasteiger partial charge in [-0.1, -0.05) is 48.5 Å². The van der Waals surface area contributed by atoms with E-state index in [1.165, 1.54) is 0 Å². The molecule has 0 unspecified atom stereocenters. The minimum atomic E-state index is -0.229. The highest BCUT2D eigenvalue weighted by Crippen LogP contribution is 2.27. The molecule has 0 bridgehead atoms. The number of carbonyl (C=O) groups excluding carboxylic acids is 1. The summed E-state index contributed by atoms with van der Waals surface area (Å²) < 4.78 is 10.9. The van der Waals surface area contributed by atoms with Gasteiger partial charge in [-0.3, -0.25) is 4.79 Å². The monoisotopic (exact) mass is 262 g/mol. The Balaban J connectivity index is 1.92. The van der Waals surface area contributed by atoms with Crippen molar-refractivity contribution in [1.29, 1.82) is 0 Å². The molecule has 20 heavy (non-hydrogen) atoms. The first-order valence-corrected chi connectivity index (χ1v) is 6.32. The second-order valence-electron chi connectivity index (χ2n) is 4.63. The number of fused-ring (bicyclic) bond motifs is 2. The Morgan fingerprint density at radius 2 is 1.15 bits per heavy atom. The van der Waals surface area contributed by atoms with Crippen molar-refractivity contribution in [2.24, 2.45) is 0 Å². The zero-order valence-corrected chi connectivity index (χ0v) is 10.5. The zero-order valence-electron chi connectivity index (χ0n) is 10.5. The minimum Gasteiger partial charge on any atom is -0.459 e. The molecular weight excluding hydrogens is 252 g/mol. The lowest BCUT2D eigenvalue weighted by Gasteiger charge is -1.96. The summed E-state index contributed by atoms with van der Waals surface area (Å²) in [6.45, 7) is 0. The molecule has 0 saturated heterocycles. The number of rotatable bonds is 2. The van der Waals surface area contributed by atoms with E-state index in [1.807, 2.05) is 48.5 Å². The molecule has 2 aromatic heterocycles. The van der Waals surface area contributed by atoms with Crippen molar-refractivity contribution in [3.63, 3.8) is 0 Å². The van der Waals surface area contributed by atoms with Gasteiger partial charge in [0.1, 0.15) is 0 Å². The van der Waals surface area contributed by atoms with Crippen LogP contribution in [-0.2, 0) is 0 Å². The van der Waals surface area contributed by atoms with Crippen molar-refractivity contribution < 1.29 is 13.6 Å². The van der Waals surface area contributed by atoms with Crippen LogP contribution in [0.2, 0.25) is 0 Å². The van der Waals surface area contributed by atoms with Crippen LogP contribution in [0.4, 0.5) is 0 Å². The standard InChI is InChI=1S/C17H10O3/c18-15(16-13-7-3-1-5-11(13)9-19-16)17-14-8-4-2-6-12(14)10-20-17/h1-10H. The molecule has 4 rings (SSSR count). The summed E-state index contributed by atoms with van der Waals surface area (Å²) in [5, 5.41) is 3.43. The average molecular weight is 262 g/mol. The second-order valence-corrected chi connectivity index (χ2v) is 4.63. The second kappa shape index (κ2) is 4.10. The van der Waals surface area contributed by atoms with Gasteiger partial charge < -0.3 is 8.83 Å². The lowest BCUT2D eigenvalue weighted by Crippen LogP contribution is -1.98. The number of hydrogen-bond acceptors (Lipinski definition) is 3. The largest absolute Gasteiger partial charge is 0.459 e. The van der Waals surface area contributed by atoms with Gasteiger partial charge >= 0.3 is 0 Å². The fraction of sp³-hybridized carbons (Fsp3) is 0. The molecule has 0 radical (unpaired) electrons. The molecule has 0 atom stereocenters. The Kier molecular flexibility index (Phi) is 2.27. The number of hydrogen-bond donors (Lipinski definition) is 0. The van der Waals surface area contributed by atoms with Crippen LogP contribution in [-0.4, -0.2) is 5.78 Å². The van der Waals surface area contributed by atoms with Crippen LogP contribution in [0.5, 0.6) is 0 Å². The van der Waals surface area contributed by atoms with Gasteiger partial charge in [0.05, 0.1) is 12.5 Å². The van der Waals surface area contributed by atoms with Crippen LogP contribution in [0.3, 0.4) is 0 Å². The van der Waals surface area contributed by atoms with Crippen LogP contribution < -0.4 is 0 Å². The van der Waals surface area contributed by atoms with Gasteiger partial charge in [-0.05, 0) is 0 Å². The number of benzene rings is 2. The minimum absolute atomic E-state index is 0.229. The van der Waals surface area contributed by atoms with Crippen molar-refractivity contribution in [2.75, 3.05) is 0 Å². The van der Waals surface area contributed by atoms with Gasteiger partial charge in [0.15, 0.2) is 11.5 Å². The number of carbonyl (C=O) groups is 1. The van der Waals surface area contributed by atoms with Crippen LogP contribution >= 0.6 is 0 Å². The fourth-order valence-corrected chi connectivity index (χ4v) is 2.44. The van der Waals surface area contributed by atoms with Crippen LogP contribution in [0.1, 0.15) is 16.3 Å². The van der Waals surface area contributed by atoms with Crippen LogP contribution in [0.15, 0.2) is 69.9 Å². The summed E-state index contributed by atoms with van der Waals surface area (Å²) in [4.78, 5) is 12.6. The molecule has 0 spiro atoms. The molecule has 0 saturated carbocycles. The molecule has 3 nitrogen and oxygen atoms in total. The van der Waals surface area contributed by atoms with E-state index < -0.39 is 0 Å². The Hall–Kier alpha value is -2.81. The lowest BCUT2D eigenvalue weighted by atomic mass is 10.1. The molecule has 0 aliphatic carbocycles. The van der Waals surface area contributed by atoms with E-state index in [9.17, 15) is 4.79 Å². The highest BCUT2D eigenvalue weighted by atomic mass is 16.4. The van der Waals surface area contributed by atoms with Crippen LogP contribution in [0.25, 0.3) is 21.5 Å². The van der Waals surface area contributed by atoms with E-state index in [2.05, 4.69) is 0 Å². The van der Waals surface area contributed by atoms with E-state index in [-0.39, 0.29) is 5.78 Å². The first kappa shape index (κ1) is 11.1. The SMILES string of the molecule is O=C(c1occ2ccccc12)c1occ2ccccc12. The first-order chi connectivity index (χ1) is 9.84. The van der Waals surface area contributed by atoms with Crippen molar-refractivity contribution in [3.05, 3.63) is 72.6 Å². The van der Waals surface area contributed by atoms with Gasteiger partial charge in [0, 0.05) is 21.5 Å². The maximum Gasteiger partial charge on any atom is 0.264 e. The Bertz CT molecular complexity index is 851. The Morgan fingerprint density at radius 1 is 0.700 bits per heavy atom. The lowest BCUT2D eigenvalue weighted by molar-refractivity contribution is 0.0987. The smallest absolute Gasteiger partial charge is 0.264 e. The molecule has 0 aliphatic rings. The predicted molar refractivity (Wildman–Crippen MR) is 75.9 cm³/mol. The summed E-state index contributed by atoms with van der Waals surface area (Å²) in [5.74, 6) is 0.411. The van der Waals surface area contributed by atoms with E-state index in [1.54, 1.807) is 12.5 Å². The molecule has 0 aliphatic heterocycles. The van der Waals surface area contributed by atoms with Gasteiger partial charge in [0.2, 0.25) is 0 Å². The maximum atomic E-state index is 12.6. The molecule has 3 heteroatoms. The topological polar surface area (TPSA) is 43.4 Å². The summed E-state index contributed by atoms with van der Waals surface area (Å²) in [7, 11) is 0. The van der Waals surface area contributed by atoms with E-state index in [0.29, 0.717) is 11.5 Å². The van der Waals surface area contributed by atoms with Gasteiger partial charge in [-0.15, -0.1) is 0 Å². The summed E-state index contributed by atoms with van der Waals surface area (Å²) >= 11 is 0. The molecule has 0 N–H and O–H groups in total. The zero-order chi connectivity index (χ0) is 13.5. The molecule has 0 fully saturated rings. The molecular formula is C17H10O3. The van der Waals surface area contributed by atoms with Crippen molar-refractivity contribution in [2.45, 2.75) is 0 Å². The normalized spacial score (nSPS) is 11.2. The molecule has 4 aromatic rings. The highest BCUT2D eigenvalue weighted by Gasteiger charge is 2.21. The van der Waals surface area contributed by atoms with Crippen molar-refractivity contribution >= 4 is 27.3 Å². The van der Waals surface area contributed by atoms with Gasteiger partial charge in [0.25, 0.3) is 5.78 Å². The molecule has 2 aromatic carbocycles. The Labute approximate surface area is 114 Å². The number of ketones is 1. The van der Waals surface area contributed by atoms with E-state index in [4.69, 9.17) is 8.83 Å². The average Bonchev–Trinajstić information content (AvgIpc) is 3.11. The summed E-state index contributed by atoms with van der Waals surface area (Å²) in [5.41, 5.74) is 0. The summed E-state index contributed by atoms with van der Waals surface area (Å²) in [6.07, 6.45) is 3.18. The third kappa shape index (κ3) is 1.50. The van der Waals surface area contributed by atoms with Gasteiger partial charge in [-0.25, -0.2) is 0 Å². The number of furan rings is 2. The van der Waals surface area contributed by atoms with Crippen molar-refractivity contribution in [3.8, 4) is 0 Å². The molecule has 0 amide bonds. The maximum absolute atomic E-state index is 12.6. The molecule has 96 valence electrons. The van der Waals surface area contributed by atoms with E-state index >= 15 is 0 Å². The van der Waals surface area contributed by atoms with E-state index in [0.717, 1.165) is 21.5 Å². The first-order valence-electron chi connectivity index (χ1n) is 6.32. The third-order valence-electron chi connectivity index (χ3n) is 3.43. The van der Waals surface area contributed by atoms with Gasteiger partial charge in [-0.2, -0.15) is 0 Å². The third-order valence-corrected chi connectivity index (χ3v) is 3.43. The fourth-order valence-electron chi connectivity index (χ4n) is 2.44. The highest BCUT2D eigenvalue weighted by molar-refractivity contribution is 6.18. The van der Waals surface area contributed by atoms with Crippen molar-refractivity contribution in [1.82, 2.24) is 0 Å². The quantitative estimate of drug-likeness (QED) is 0.502. The molecule has 2 heterocycles. The summed E-state index contributed by atoms with van der Waals surface area (Å²) in [6, 6.07) is 15.2. The Morgan fingerprint density at radius 3 is 1.65 bits per heavy atom. The van der Waals surface area contributed by atoms with Crippen LogP contribution in [0, 0.1) is 0 Å². The predicted octanol–water partition coefficient (Wildman–Crippen LogP) is 4.41.